The summed E-state index contributed by atoms with van der Waals surface area (Å²) in [6.45, 7) is 3.50. The molecule has 2 aromatic rings. The summed E-state index contributed by atoms with van der Waals surface area (Å²) in [5, 5.41) is 2.66. The molecule has 6 heteroatoms. The van der Waals surface area contributed by atoms with Crippen molar-refractivity contribution in [3.8, 4) is 5.75 Å². The van der Waals surface area contributed by atoms with Crippen LogP contribution in [0.25, 0.3) is 0 Å². The largest absolute Gasteiger partial charge is 0.416 e. The van der Waals surface area contributed by atoms with E-state index in [1.165, 1.54) is 6.08 Å². The van der Waals surface area contributed by atoms with Crippen molar-refractivity contribution in [3.05, 3.63) is 78.4 Å². The van der Waals surface area contributed by atoms with Crippen LogP contribution < -0.4 is 10.1 Å². The van der Waals surface area contributed by atoms with E-state index in [0.29, 0.717) is 16.9 Å². The number of hydrogen-bond acceptors (Lipinski definition) is 4. The lowest BCUT2D eigenvalue weighted by molar-refractivity contribution is -0.117. The third-order valence-corrected chi connectivity index (χ3v) is 5.22. The summed E-state index contributed by atoms with van der Waals surface area (Å²) in [6.07, 6.45) is 5.64. The van der Waals surface area contributed by atoms with Crippen molar-refractivity contribution < 1.29 is 19.1 Å². The van der Waals surface area contributed by atoms with Crippen molar-refractivity contribution in [2.24, 2.45) is 0 Å². The van der Waals surface area contributed by atoms with Gasteiger partial charge in [-0.15, -0.1) is 0 Å². The number of carbonyl (C=O) groups is 3. The van der Waals surface area contributed by atoms with Gasteiger partial charge < -0.3 is 10.1 Å². The molecular formula is C24H26N2O4. The molecule has 0 bridgehead atoms. The summed E-state index contributed by atoms with van der Waals surface area (Å²) >= 11 is 0. The minimum absolute atomic E-state index is 0.0234. The Balaban J connectivity index is 1.67. The van der Waals surface area contributed by atoms with E-state index in [9.17, 15) is 14.4 Å². The van der Waals surface area contributed by atoms with Gasteiger partial charge in [-0.3, -0.25) is 14.5 Å². The number of benzene rings is 2. The maximum absolute atomic E-state index is 12.8. The first kappa shape index (κ1) is 21.3. The summed E-state index contributed by atoms with van der Waals surface area (Å²) in [7, 11) is 0. The molecule has 1 N–H and O–H groups in total. The van der Waals surface area contributed by atoms with Gasteiger partial charge in [-0.1, -0.05) is 56.2 Å². The van der Waals surface area contributed by atoms with Gasteiger partial charge in [0.2, 0.25) is 5.91 Å². The van der Waals surface area contributed by atoms with Crippen LogP contribution in [0, 0.1) is 0 Å². The van der Waals surface area contributed by atoms with Crippen LogP contribution >= 0.6 is 0 Å². The molecule has 0 aliphatic heterocycles. The number of amides is 2. The number of ether oxygens (including phenoxy) is 1. The van der Waals surface area contributed by atoms with Crippen LogP contribution in [-0.4, -0.2) is 35.4 Å². The molecule has 0 unspecified atom stereocenters. The predicted molar refractivity (Wildman–Crippen MR) is 114 cm³/mol. The lowest BCUT2D eigenvalue weighted by Crippen LogP contribution is -2.48. The fraction of sp³-hybridized carbons (Fsp3) is 0.292. The van der Waals surface area contributed by atoms with Crippen molar-refractivity contribution in [2.75, 3.05) is 6.67 Å². The molecule has 1 aliphatic carbocycles. The molecule has 1 aliphatic rings. The fourth-order valence-corrected chi connectivity index (χ4v) is 3.56. The van der Waals surface area contributed by atoms with Crippen molar-refractivity contribution in [1.82, 2.24) is 10.2 Å². The zero-order valence-electron chi connectivity index (χ0n) is 16.9. The Bertz CT molecular complexity index is 887. The second kappa shape index (κ2) is 10.4. The molecule has 0 radical (unpaired) electrons. The molecule has 3 rings (SSSR count). The smallest absolute Gasteiger partial charge is 0.410 e. The highest BCUT2D eigenvalue weighted by Gasteiger charge is 2.27. The van der Waals surface area contributed by atoms with Crippen molar-refractivity contribution in [2.45, 2.75) is 38.1 Å². The van der Waals surface area contributed by atoms with Crippen LogP contribution in [0.2, 0.25) is 0 Å². The van der Waals surface area contributed by atoms with Crippen LogP contribution in [0.15, 0.2) is 67.3 Å². The summed E-state index contributed by atoms with van der Waals surface area (Å²) in [5.74, 6) is -0.0858. The quantitative estimate of drug-likeness (QED) is 0.422. The first-order chi connectivity index (χ1) is 14.6. The lowest BCUT2D eigenvalue weighted by atomic mass is 9.94. The Morgan fingerprint density at radius 2 is 1.60 bits per heavy atom. The van der Waals surface area contributed by atoms with E-state index in [4.69, 9.17) is 4.74 Å². The van der Waals surface area contributed by atoms with Gasteiger partial charge in [0.25, 0.3) is 0 Å². The molecule has 30 heavy (non-hydrogen) atoms. The maximum Gasteiger partial charge on any atom is 0.416 e. The van der Waals surface area contributed by atoms with E-state index in [-0.39, 0.29) is 24.4 Å². The third-order valence-electron chi connectivity index (χ3n) is 5.22. The Morgan fingerprint density at radius 1 is 0.967 bits per heavy atom. The molecule has 0 saturated heterocycles. The number of nitrogens with zero attached hydrogens (tertiary/aromatic N) is 1. The minimum Gasteiger partial charge on any atom is -0.410 e. The topological polar surface area (TPSA) is 75.7 Å². The van der Waals surface area contributed by atoms with Crippen molar-refractivity contribution in [1.29, 1.82) is 0 Å². The zero-order valence-corrected chi connectivity index (χ0v) is 16.9. The summed E-state index contributed by atoms with van der Waals surface area (Å²) in [6, 6.07) is 15.5. The van der Waals surface area contributed by atoms with E-state index in [1.807, 2.05) is 18.2 Å². The molecule has 2 amide bonds. The molecule has 0 heterocycles. The first-order valence-electron chi connectivity index (χ1n) is 10.2. The monoisotopic (exact) mass is 406 g/mol. The van der Waals surface area contributed by atoms with Gasteiger partial charge in [-0.25, -0.2) is 4.79 Å². The number of carbonyl (C=O) groups excluding carboxylic acids is 3. The van der Waals surface area contributed by atoms with E-state index >= 15 is 0 Å². The second-order valence-corrected chi connectivity index (χ2v) is 7.25. The molecule has 6 nitrogen and oxygen atoms in total. The maximum atomic E-state index is 12.8. The van der Waals surface area contributed by atoms with Crippen LogP contribution in [0.4, 0.5) is 4.79 Å². The predicted octanol–water partition coefficient (Wildman–Crippen LogP) is 4.31. The van der Waals surface area contributed by atoms with Gasteiger partial charge in [-0.05, 0) is 43.2 Å². The summed E-state index contributed by atoms with van der Waals surface area (Å²) in [4.78, 5) is 38.4. The van der Waals surface area contributed by atoms with Gasteiger partial charge in [0.05, 0.1) is 6.67 Å². The Morgan fingerprint density at radius 3 is 2.23 bits per heavy atom. The van der Waals surface area contributed by atoms with Gasteiger partial charge in [0.15, 0.2) is 5.78 Å². The lowest BCUT2D eigenvalue weighted by Gasteiger charge is -2.33. The molecule has 0 spiro atoms. The molecule has 0 atom stereocenters. The zero-order chi connectivity index (χ0) is 21.3. The van der Waals surface area contributed by atoms with E-state index in [0.717, 1.165) is 32.1 Å². The number of rotatable bonds is 7. The normalized spacial score (nSPS) is 13.9. The van der Waals surface area contributed by atoms with Crippen molar-refractivity contribution in [3.63, 3.8) is 0 Å². The average Bonchev–Trinajstić information content (AvgIpc) is 2.80. The molecule has 1 fully saturated rings. The number of ketones is 1. The van der Waals surface area contributed by atoms with Crippen LogP contribution in [-0.2, 0) is 4.79 Å². The molecular weight excluding hydrogens is 380 g/mol. The highest BCUT2D eigenvalue weighted by molar-refractivity contribution is 6.09. The fourth-order valence-electron chi connectivity index (χ4n) is 3.56. The summed E-state index contributed by atoms with van der Waals surface area (Å²) < 4.78 is 5.53. The molecule has 1 saturated carbocycles. The molecule has 2 aromatic carbocycles. The van der Waals surface area contributed by atoms with Crippen LogP contribution in [0.5, 0.6) is 5.75 Å². The van der Waals surface area contributed by atoms with Crippen LogP contribution in [0.1, 0.15) is 48.0 Å². The van der Waals surface area contributed by atoms with Gasteiger partial charge in [0.1, 0.15) is 5.75 Å². The first-order valence-corrected chi connectivity index (χ1v) is 10.2. The minimum atomic E-state index is -0.520. The van der Waals surface area contributed by atoms with E-state index in [2.05, 4.69) is 11.9 Å². The Hall–Kier alpha value is -3.41. The van der Waals surface area contributed by atoms with E-state index < -0.39 is 6.09 Å². The highest BCUT2D eigenvalue weighted by Crippen LogP contribution is 2.24. The third kappa shape index (κ3) is 5.56. The SMILES string of the molecule is C=CC(=O)NCN(C(=O)Oc1ccc(C(=O)c2ccccc2)cc1)C1CCCCC1. The standard InChI is InChI=1S/C24H26N2O4/c1-2-22(27)25-17-26(20-11-7-4-8-12-20)24(29)30-21-15-13-19(14-16-21)23(28)18-9-5-3-6-10-18/h2-3,5-6,9-10,13-16,20H,1,4,7-8,11-12,17H2,(H,25,27). The Labute approximate surface area is 176 Å². The summed E-state index contributed by atoms with van der Waals surface area (Å²) in [5.41, 5.74) is 1.12. The van der Waals surface area contributed by atoms with Crippen molar-refractivity contribution >= 4 is 17.8 Å². The second-order valence-electron chi connectivity index (χ2n) is 7.25. The van der Waals surface area contributed by atoms with E-state index in [1.54, 1.807) is 41.3 Å². The molecule has 156 valence electrons. The average molecular weight is 406 g/mol. The number of hydrogen-bond donors (Lipinski definition) is 1. The molecule has 0 aromatic heterocycles. The van der Waals surface area contributed by atoms with Gasteiger partial charge in [-0.2, -0.15) is 0 Å². The van der Waals surface area contributed by atoms with Gasteiger partial charge >= 0.3 is 6.09 Å². The Kier molecular flexibility index (Phi) is 7.38. The van der Waals surface area contributed by atoms with Crippen LogP contribution in [0.3, 0.4) is 0 Å². The van der Waals surface area contributed by atoms with Gasteiger partial charge in [0, 0.05) is 17.2 Å². The number of nitrogens with one attached hydrogen (secondary N) is 1. The highest BCUT2D eigenvalue weighted by atomic mass is 16.6.